The summed E-state index contributed by atoms with van der Waals surface area (Å²) in [5, 5.41) is 0. The smallest absolute Gasteiger partial charge is 0.406 e. The van der Waals surface area contributed by atoms with Crippen LogP contribution >= 0.6 is 0 Å². The van der Waals surface area contributed by atoms with E-state index in [1.807, 2.05) is 28.8 Å². The second-order valence-electron chi connectivity index (χ2n) is 6.51. The number of fused-ring (bicyclic) bond motifs is 1. The number of nitrogens with zero attached hydrogens (tertiary/aromatic N) is 3. The topological polar surface area (TPSA) is 51.3 Å². The molecule has 0 spiro atoms. The molecule has 0 bridgehead atoms. The van der Waals surface area contributed by atoms with E-state index in [2.05, 4.69) is 4.98 Å². The molecule has 0 radical (unpaired) electrons. The fourth-order valence-corrected chi connectivity index (χ4v) is 3.12. The van der Waals surface area contributed by atoms with Crippen LogP contribution in [0.1, 0.15) is 16.1 Å². The first kappa shape index (κ1) is 18.8. The number of rotatable bonds is 5. The summed E-state index contributed by atoms with van der Waals surface area (Å²) in [5.41, 5.74) is 2.63. The second kappa shape index (κ2) is 7.46. The fourth-order valence-electron chi connectivity index (χ4n) is 3.12. The number of para-hydroxylation sites is 2. The maximum Gasteiger partial charge on any atom is 0.406 e. The molecule has 29 heavy (non-hydrogen) atoms. The van der Waals surface area contributed by atoms with Gasteiger partial charge in [-0.25, -0.2) is 4.98 Å². The number of amides is 1. The Morgan fingerprint density at radius 1 is 1.03 bits per heavy atom. The predicted molar refractivity (Wildman–Crippen MR) is 101 cm³/mol. The summed E-state index contributed by atoms with van der Waals surface area (Å²) in [6.07, 6.45) is -1.50. The second-order valence-corrected chi connectivity index (χ2v) is 6.51. The van der Waals surface area contributed by atoms with Gasteiger partial charge < -0.3 is 9.32 Å². The van der Waals surface area contributed by atoms with Crippen molar-refractivity contribution in [3.63, 3.8) is 0 Å². The van der Waals surface area contributed by atoms with Gasteiger partial charge in [0, 0.05) is 11.3 Å². The number of halogens is 3. The minimum Gasteiger partial charge on any atom is -0.467 e. The minimum atomic E-state index is -4.52. The molecule has 0 N–H and O–H groups in total. The van der Waals surface area contributed by atoms with Gasteiger partial charge in [0.05, 0.1) is 23.8 Å². The Bertz CT molecular complexity index is 1120. The molecule has 0 aliphatic carbocycles. The molecule has 2 aromatic carbocycles. The third-order valence-corrected chi connectivity index (χ3v) is 4.43. The van der Waals surface area contributed by atoms with Crippen molar-refractivity contribution in [2.75, 3.05) is 6.54 Å². The highest BCUT2D eigenvalue weighted by molar-refractivity contribution is 5.94. The van der Waals surface area contributed by atoms with Crippen LogP contribution in [-0.4, -0.2) is 33.1 Å². The van der Waals surface area contributed by atoms with Crippen LogP contribution in [0.25, 0.3) is 16.7 Å². The van der Waals surface area contributed by atoms with Gasteiger partial charge in [0.25, 0.3) is 5.91 Å². The van der Waals surface area contributed by atoms with E-state index in [1.54, 1.807) is 24.5 Å². The number of furan rings is 1. The molecule has 0 saturated carbocycles. The first-order valence-corrected chi connectivity index (χ1v) is 8.82. The van der Waals surface area contributed by atoms with E-state index in [4.69, 9.17) is 4.42 Å². The van der Waals surface area contributed by atoms with Crippen LogP contribution in [0.15, 0.2) is 77.7 Å². The zero-order chi connectivity index (χ0) is 20.4. The number of hydrogen-bond donors (Lipinski definition) is 0. The third-order valence-electron chi connectivity index (χ3n) is 4.43. The summed E-state index contributed by atoms with van der Waals surface area (Å²) < 4.78 is 45.9. The molecule has 4 aromatic rings. The van der Waals surface area contributed by atoms with Crippen molar-refractivity contribution in [2.45, 2.75) is 12.7 Å². The molecule has 0 unspecified atom stereocenters. The molecule has 2 aromatic heterocycles. The van der Waals surface area contributed by atoms with Gasteiger partial charge >= 0.3 is 6.18 Å². The average Bonchev–Trinajstić information content (AvgIpc) is 3.36. The van der Waals surface area contributed by atoms with E-state index in [0.717, 1.165) is 21.6 Å². The van der Waals surface area contributed by atoms with Crippen molar-refractivity contribution in [1.29, 1.82) is 0 Å². The number of hydrogen-bond acceptors (Lipinski definition) is 3. The van der Waals surface area contributed by atoms with E-state index < -0.39 is 18.6 Å². The zero-order valence-electron chi connectivity index (χ0n) is 15.1. The molecule has 0 aliphatic heterocycles. The van der Waals surface area contributed by atoms with Crippen molar-refractivity contribution in [2.24, 2.45) is 0 Å². The molecule has 0 saturated heterocycles. The molecule has 1 amide bonds. The summed E-state index contributed by atoms with van der Waals surface area (Å²) >= 11 is 0. The van der Waals surface area contributed by atoms with E-state index in [9.17, 15) is 18.0 Å². The molecule has 8 heteroatoms. The number of imidazole rings is 1. The van der Waals surface area contributed by atoms with E-state index >= 15 is 0 Å². The summed E-state index contributed by atoms with van der Waals surface area (Å²) in [6.45, 7) is -1.63. The maximum absolute atomic E-state index is 13.0. The van der Waals surface area contributed by atoms with Crippen molar-refractivity contribution >= 4 is 16.9 Å². The molecule has 0 fully saturated rings. The minimum absolute atomic E-state index is 0.161. The van der Waals surface area contributed by atoms with Crippen molar-refractivity contribution < 1.29 is 22.4 Å². The molecule has 148 valence electrons. The Balaban J connectivity index is 1.59. The maximum atomic E-state index is 13.0. The van der Waals surface area contributed by atoms with Gasteiger partial charge in [-0.3, -0.25) is 9.36 Å². The summed E-state index contributed by atoms with van der Waals surface area (Å²) in [6, 6.07) is 17.1. The molecular weight excluding hydrogens is 383 g/mol. The number of carbonyl (C=O) groups is 1. The summed E-state index contributed by atoms with van der Waals surface area (Å²) in [5.74, 6) is -0.440. The Morgan fingerprint density at radius 3 is 2.48 bits per heavy atom. The number of benzene rings is 2. The summed E-state index contributed by atoms with van der Waals surface area (Å²) in [7, 11) is 0. The highest BCUT2D eigenvalue weighted by atomic mass is 19.4. The Hall–Kier alpha value is -3.55. The number of carbonyl (C=O) groups excluding carboxylic acids is 1. The monoisotopic (exact) mass is 399 g/mol. The zero-order valence-corrected chi connectivity index (χ0v) is 15.1. The van der Waals surface area contributed by atoms with Crippen molar-refractivity contribution in [3.05, 3.63) is 84.6 Å². The standard InChI is InChI=1S/C21H16F3N3O2/c22-21(23,24)13-26(12-17-4-3-11-29-17)20(28)15-7-9-16(10-8-15)27-14-25-18-5-1-2-6-19(18)27/h1-11,14H,12-13H2. The van der Waals surface area contributed by atoms with Gasteiger partial charge in [-0.05, 0) is 48.5 Å². The Kier molecular flexibility index (Phi) is 4.84. The first-order chi connectivity index (χ1) is 13.9. The van der Waals surface area contributed by atoms with Crippen LogP contribution in [0.3, 0.4) is 0 Å². The van der Waals surface area contributed by atoms with Crippen LogP contribution in [0.4, 0.5) is 13.2 Å². The van der Waals surface area contributed by atoms with Crippen molar-refractivity contribution in [1.82, 2.24) is 14.5 Å². The lowest BCUT2D eigenvalue weighted by Gasteiger charge is -2.23. The van der Waals surface area contributed by atoms with Crippen LogP contribution < -0.4 is 0 Å². The van der Waals surface area contributed by atoms with Crippen LogP contribution in [0.5, 0.6) is 0 Å². The lowest BCUT2D eigenvalue weighted by Crippen LogP contribution is -2.38. The van der Waals surface area contributed by atoms with Gasteiger partial charge in [0.1, 0.15) is 18.6 Å². The lowest BCUT2D eigenvalue weighted by atomic mass is 10.1. The number of aromatic nitrogens is 2. The Morgan fingerprint density at radius 2 is 1.79 bits per heavy atom. The Labute approximate surface area is 164 Å². The predicted octanol–water partition coefficient (Wildman–Crippen LogP) is 4.82. The normalized spacial score (nSPS) is 11.7. The van der Waals surface area contributed by atoms with Crippen LogP contribution in [0.2, 0.25) is 0 Å². The van der Waals surface area contributed by atoms with Gasteiger partial charge in [0.15, 0.2) is 0 Å². The molecular formula is C21H16F3N3O2. The average molecular weight is 399 g/mol. The van der Waals surface area contributed by atoms with Gasteiger partial charge in [-0.2, -0.15) is 13.2 Å². The van der Waals surface area contributed by atoms with Crippen molar-refractivity contribution in [3.8, 4) is 5.69 Å². The molecule has 0 atom stereocenters. The quantitative estimate of drug-likeness (QED) is 0.483. The van der Waals surface area contributed by atoms with Crippen LogP contribution in [0, 0.1) is 0 Å². The molecule has 5 nitrogen and oxygen atoms in total. The van der Waals surface area contributed by atoms with Crippen LogP contribution in [-0.2, 0) is 6.54 Å². The molecule has 4 rings (SSSR count). The van der Waals surface area contributed by atoms with Gasteiger partial charge in [-0.1, -0.05) is 12.1 Å². The van der Waals surface area contributed by atoms with Gasteiger partial charge in [0.2, 0.25) is 0 Å². The SMILES string of the molecule is O=C(c1ccc(-n2cnc3ccccc32)cc1)N(Cc1ccco1)CC(F)(F)F. The largest absolute Gasteiger partial charge is 0.467 e. The van der Waals surface area contributed by atoms with E-state index in [0.29, 0.717) is 0 Å². The summed E-state index contributed by atoms with van der Waals surface area (Å²) in [4.78, 5) is 17.8. The fraction of sp³-hybridized carbons (Fsp3) is 0.143. The lowest BCUT2D eigenvalue weighted by molar-refractivity contribution is -0.142. The van der Waals surface area contributed by atoms with Gasteiger partial charge in [-0.15, -0.1) is 0 Å². The highest BCUT2D eigenvalue weighted by Crippen LogP contribution is 2.22. The first-order valence-electron chi connectivity index (χ1n) is 8.82. The molecule has 0 aliphatic rings. The third kappa shape index (κ3) is 4.16. The van der Waals surface area contributed by atoms with E-state index in [-0.39, 0.29) is 17.9 Å². The van der Waals surface area contributed by atoms with E-state index in [1.165, 1.54) is 24.5 Å². The highest BCUT2D eigenvalue weighted by Gasteiger charge is 2.33. The molecule has 2 heterocycles. The number of alkyl halides is 3.